The Hall–Kier alpha value is -3.07. The molecule has 6 rings (SSSR count). The van der Waals surface area contributed by atoms with Crippen molar-refractivity contribution in [2.24, 2.45) is 28.1 Å². The number of carbonyl (C=O) groups is 2. The van der Waals surface area contributed by atoms with Gasteiger partial charge in [0.05, 0.1) is 5.69 Å². The molecule has 1 unspecified atom stereocenters. The number of benzene rings is 2. The lowest BCUT2D eigenvalue weighted by Gasteiger charge is -2.45. The fraction of sp³-hybridized carbons (Fsp3) is 0.375. The second kappa shape index (κ2) is 7.21. The zero-order valence-corrected chi connectivity index (χ0v) is 18.5. The highest BCUT2D eigenvalue weighted by atomic mass is 32.2. The van der Waals surface area contributed by atoms with Gasteiger partial charge >= 0.3 is 0 Å². The summed E-state index contributed by atoms with van der Waals surface area (Å²) in [5.74, 6) is -2.38. The summed E-state index contributed by atoms with van der Waals surface area (Å²) < 4.78 is 42.9. The third-order valence-corrected chi connectivity index (χ3v) is 8.91. The average molecular weight is 468 g/mol. The van der Waals surface area contributed by atoms with Crippen molar-refractivity contribution in [1.29, 1.82) is 0 Å². The number of hydrogen-bond donors (Lipinski definition) is 1. The Bertz CT molecular complexity index is 1310. The fourth-order valence-corrected chi connectivity index (χ4v) is 7.37. The second-order valence-corrected chi connectivity index (χ2v) is 10.9. The quantitative estimate of drug-likeness (QED) is 0.701. The maximum atomic E-state index is 13.8. The van der Waals surface area contributed by atoms with E-state index in [-0.39, 0.29) is 52.7 Å². The van der Waals surface area contributed by atoms with E-state index in [0.717, 1.165) is 24.8 Å². The standard InChI is InChI=1S/C24H22FN3O4S/c25-16-9-5-13(6-10-16)12-28-21-15-8-7-14(11-15)19(21)22(29)20(24(28)30)23-26-17-3-1-2-4-18(17)33(31,32)27-23/h1-6,9-10,14-15,19-21H,7-8,11-12H2,(H,26,27)/t14-,15+,19+,20?,21-/m0/s1. The van der Waals surface area contributed by atoms with Crippen molar-refractivity contribution in [2.75, 3.05) is 5.32 Å². The van der Waals surface area contributed by atoms with Crippen molar-refractivity contribution in [3.05, 3.63) is 59.9 Å². The monoisotopic (exact) mass is 467 g/mol. The van der Waals surface area contributed by atoms with Crippen molar-refractivity contribution in [1.82, 2.24) is 4.90 Å². The first-order valence-corrected chi connectivity index (χ1v) is 12.6. The molecule has 33 heavy (non-hydrogen) atoms. The highest BCUT2D eigenvalue weighted by Gasteiger charge is 2.60. The SMILES string of the molecule is O=C1C(C2=NS(=O)(=O)c3ccccc3N2)C(=O)N(Cc2ccc(F)cc2)[C@H]2[C@@H]3CC[C@@H](C3)[C@@H]12. The van der Waals surface area contributed by atoms with Crippen LogP contribution in [-0.4, -0.2) is 36.9 Å². The average Bonchev–Trinajstić information content (AvgIpc) is 3.40. The van der Waals surface area contributed by atoms with Crippen molar-refractivity contribution in [3.8, 4) is 0 Å². The molecule has 2 saturated carbocycles. The van der Waals surface area contributed by atoms with Gasteiger partial charge in [-0.2, -0.15) is 8.42 Å². The molecule has 1 amide bonds. The number of para-hydroxylation sites is 1. The molecule has 1 saturated heterocycles. The minimum absolute atomic E-state index is 0.0189. The number of hydrogen-bond acceptors (Lipinski definition) is 5. The van der Waals surface area contributed by atoms with E-state index in [1.165, 1.54) is 18.2 Å². The summed E-state index contributed by atoms with van der Waals surface area (Å²) >= 11 is 0. The van der Waals surface area contributed by atoms with E-state index >= 15 is 0 Å². The minimum Gasteiger partial charge on any atom is -0.341 e. The molecule has 9 heteroatoms. The first kappa shape index (κ1) is 20.5. The number of sulfonamides is 1. The molecule has 170 valence electrons. The van der Waals surface area contributed by atoms with Gasteiger partial charge in [-0.15, -0.1) is 4.40 Å². The summed E-state index contributed by atoms with van der Waals surface area (Å²) in [6, 6.07) is 12.1. The Labute approximate surface area is 190 Å². The molecule has 2 aromatic carbocycles. The number of carbonyl (C=O) groups excluding carboxylic acids is 2. The van der Waals surface area contributed by atoms with E-state index in [0.29, 0.717) is 5.69 Å². The molecule has 0 radical (unpaired) electrons. The van der Waals surface area contributed by atoms with Crippen LogP contribution in [0.15, 0.2) is 57.8 Å². The Morgan fingerprint density at radius 1 is 1.03 bits per heavy atom. The van der Waals surface area contributed by atoms with Crippen molar-refractivity contribution in [2.45, 2.75) is 36.7 Å². The lowest BCUT2D eigenvalue weighted by molar-refractivity contribution is -0.153. The molecule has 2 heterocycles. The highest BCUT2D eigenvalue weighted by molar-refractivity contribution is 7.90. The van der Waals surface area contributed by atoms with Gasteiger partial charge in [0.15, 0.2) is 11.7 Å². The van der Waals surface area contributed by atoms with Crippen LogP contribution in [0.1, 0.15) is 24.8 Å². The second-order valence-electron chi connectivity index (χ2n) is 9.35. The van der Waals surface area contributed by atoms with Crippen LogP contribution in [0, 0.1) is 29.5 Å². The number of piperidine rings is 1. The number of amidine groups is 1. The summed E-state index contributed by atoms with van der Waals surface area (Å²) in [6.07, 6.45) is 2.80. The fourth-order valence-electron chi connectivity index (χ4n) is 6.22. The number of fused-ring (bicyclic) bond motifs is 6. The highest BCUT2D eigenvalue weighted by Crippen LogP contribution is 2.54. The topological polar surface area (TPSA) is 95.9 Å². The molecule has 5 atom stereocenters. The van der Waals surface area contributed by atoms with E-state index < -0.39 is 21.8 Å². The van der Waals surface area contributed by atoms with Crippen LogP contribution < -0.4 is 5.32 Å². The van der Waals surface area contributed by atoms with Crippen molar-refractivity contribution >= 4 is 33.2 Å². The van der Waals surface area contributed by atoms with E-state index in [9.17, 15) is 22.4 Å². The van der Waals surface area contributed by atoms with Gasteiger partial charge in [-0.3, -0.25) is 9.59 Å². The molecule has 2 aliphatic carbocycles. The van der Waals surface area contributed by atoms with Gasteiger partial charge in [0.1, 0.15) is 16.5 Å². The Kier molecular flexibility index (Phi) is 4.49. The van der Waals surface area contributed by atoms with E-state index in [1.807, 2.05) is 0 Å². The van der Waals surface area contributed by atoms with E-state index in [1.54, 1.807) is 35.2 Å². The Morgan fingerprint density at radius 3 is 2.55 bits per heavy atom. The summed E-state index contributed by atoms with van der Waals surface area (Å²) in [4.78, 5) is 29.2. The molecule has 4 aliphatic rings. The van der Waals surface area contributed by atoms with Gasteiger partial charge in [0.2, 0.25) is 5.91 Å². The largest absolute Gasteiger partial charge is 0.341 e. The van der Waals surface area contributed by atoms with E-state index in [4.69, 9.17) is 0 Å². The number of halogens is 1. The minimum atomic E-state index is -4.04. The number of rotatable bonds is 3. The molecular weight excluding hydrogens is 445 g/mol. The predicted octanol–water partition coefficient (Wildman–Crippen LogP) is 2.98. The van der Waals surface area contributed by atoms with Crippen LogP contribution >= 0.6 is 0 Å². The van der Waals surface area contributed by atoms with Crippen LogP contribution in [0.3, 0.4) is 0 Å². The third kappa shape index (κ3) is 3.13. The van der Waals surface area contributed by atoms with Crippen LogP contribution in [0.2, 0.25) is 0 Å². The van der Waals surface area contributed by atoms with Gasteiger partial charge in [-0.1, -0.05) is 24.3 Å². The first-order chi connectivity index (χ1) is 15.8. The number of nitrogens with zero attached hydrogens (tertiary/aromatic N) is 2. The van der Waals surface area contributed by atoms with Gasteiger partial charge in [-0.25, -0.2) is 4.39 Å². The molecule has 3 fully saturated rings. The van der Waals surface area contributed by atoms with Gasteiger partial charge < -0.3 is 10.2 Å². The van der Waals surface area contributed by atoms with Gasteiger partial charge in [0, 0.05) is 18.5 Å². The Balaban J connectivity index is 1.41. The predicted molar refractivity (Wildman–Crippen MR) is 118 cm³/mol. The number of amides is 1. The number of ketones is 1. The molecule has 0 spiro atoms. The first-order valence-electron chi connectivity index (χ1n) is 11.1. The zero-order chi connectivity index (χ0) is 22.9. The third-order valence-electron chi connectivity index (χ3n) is 7.56. The van der Waals surface area contributed by atoms with Crippen LogP contribution in [0.5, 0.6) is 0 Å². The summed E-state index contributed by atoms with van der Waals surface area (Å²) in [5.41, 5.74) is 1.07. The van der Waals surface area contributed by atoms with Gasteiger partial charge in [-0.05, 0) is 60.9 Å². The smallest absolute Gasteiger partial charge is 0.286 e. The van der Waals surface area contributed by atoms with Gasteiger partial charge in [0.25, 0.3) is 10.0 Å². The van der Waals surface area contributed by atoms with E-state index in [2.05, 4.69) is 9.71 Å². The van der Waals surface area contributed by atoms with Crippen LogP contribution in [-0.2, 0) is 26.2 Å². The van der Waals surface area contributed by atoms with Crippen LogP contribution in [0.4, 0.5) is 10.1 Å². The molecule has 0 aromatic heterocycles. The maximum absolute atomic E-state index is 13.8. The van der Waals surface area contributed by atoms with Crippen molar-refractivity contribution < 1.29 is 22.4 Å². The molecule has 2 aliphatic heterocycles. The molecule has 1 N–H and O–H groups in total. The maximum Gasteiger partial charge on any atom is 0.286 e. The molecule has 2 bridgehead atoms. The summed E-state index contributed by atoms with van der Waals surface area (Å²) in [7, 11) is -4.04. The summed E-state index contributed by atoms with van der Waals surface area (Å²) in [6.45, 7) is 0.240. The lowest BCUT2D eigenvalue weighted by Crippen LogP contribution is -2.61. The molecular formula is C24H22FN3O4S. The number of nitrogens with one attached hydrogen (secondary N) is 1. The molecule has 7 nitrogen and oxygen atoms in total. The van der Waals surface area contributed by atoms with Crippen LogP contribution in [0.25, 0.3) is 0 Å². The lowest BCUT2D eigenvalue weighted by atomic mass is 9.73. The van der Waals surface area contributed by atoms with Crippen molar-refractivity contribution in [3.63, 3.8) is 0 Å². The summed E-state index contributed by atoms with van der Waals surface area (Å²) in [5, 5.41) is 2.95. The normalized spacial score (nSPS) is 31.6. The zero-order valence-electron chi connectivity index (χ0n) is 17.6. The number of Topliss-reactive ketones (excluding diaryl/α,β-unsaturated/α-hetero) is 1. The number of anilines is 1. The molecule has 2 aromatic rings. The number of likely N-dealkylation sites (tertiary alicyclic amines) is 1. The Morgan fingerprint density at radius 2 is 1.76 bits per heavy atom.